The monoisotopic (exact) mass is 1880 g/mol. The van der Waals surface area contributed by atoms with Crippen LogP contribution < -0.4 is 0 Å². The summed E-state index contributed by atoms with van der Waals surface area (Å²) in [4.78, 5) is 0. The van der Waals surface area contributed by atoms with Crippen LogP contribution in [-0.2, 0) is 0 Å². The summed E-state index contributed by atoms with van der Waals surface area (Å²) in [6, 6.07) is 193. The van der Waals surface area contributed by atoms with E-state index in [2.05, 4.69) is 549 Å². The molecule has 146 heavy (non-hydrogen) atoms. The fraction of sp³-hybridized carbons (Fsp3) is 0. The van der Waals surface area contributed by atoms with Crippen molar-refractivity contribution in [2.24, 2.45) is 0 Å². The zero-order valence-corrected chi connectivity index (χ0v) is 80.1. The third-order valence-electron chi connectivity index (χ3n) is 30.0. The molecule has 0 aliphatic heterocycles. The molecule has 0 unspecified atom stereocenters. The van der Waals surface area contributed by atoms with Crippen LogP contribution in [0.5, 0.6) is 0 Å². The minimum atomic E-state index is 0.899. The molecule has 8 heteroatoms. The lowest BCUT2D eigenvalue weighted by Gasteiger charge is -2.14. The second-order valence-corrected chi connectivity index (χ2v) is 39.1. The zero-order valence-electron chi connectivity index (χ0n) is 79.3. The van der Waals surface area contributed by atoms with Crippen LogP contribution in [0.2, 0.25) is 0 Å². The molecule has 0 N–H and O–H groups in total. The maximum absolute atomic E-state index is 6.30. The standard InChI is InChI=1S/C48H30N2O.C48H32N2.C42H26N2S/c1-2-11-31(12-3-1)32-21-25-35(26-22-32)49-41-16-7-4-13-36(41)39-29-33(23-27-43(39)49)34-24-28-44-40(30-34)37-14-5-8-17-42(37)50(44)45-18-10-20-47-48(45)38-15-6-9-19-46(38)51-47;1-3-15-33(16-4-1)37-19-7-11-23-43(37)49-45-25-13-9-21-39(45)41-31-35(27-29-47(41)49)36-28-30-48-42(32-36)40-22-10-14-26-46(40)50(48)44-24-12-8-20-38(44)34-17-5-2-6-18-34;1-2-11-29(12-3-1)43-35-16-7-4-13-30(35)33-25-27(21-23-37(33)43)28-22-24-38-34(26-28)31-14-5-8-17-36(31)44(38)39-18-10-20-41-42(39)32-15-6-9-19-40(32)45-41/h1-30H;1-32H;1-26H. The Hall–Kier alpha value is -19.1. The molecular weight excluding hydrogens is 1790 g/mol. The van der Waals surface area contributed by atoms with Crippen molar-refractivity contribution in [3.8, 4) is 101 Å². The second kappa shape index (κ2) is 34.4. The summed E-state index contributed by atoms with van der Waals surface area (Å²) in [5.41, 5.74) is 37.9. The minimum absolute atomic E-state index is 0.899. The van der Waals surface area contributed by atoms with Gasteiger partial charge in [0, 0.05) is 113 Å². The molecule has 0 saturated carbocycles. The van der Waals surface area contributed by atoms with Gasteiger partial charge in [-0.05, 0) is 238 Å². The highest BCUT2D eigenvalue weighted by Gasteiger charge is 2.26. The van der Waals surface area contributed by atoms with Gasteiger partial charge < -0.3 is 31.8 Å². The van der Waals surface area contributed by atoms with E-state index in [-0.39, 0.29) is 0 Å². The Balaban J connectivity index is 0.000000104. The SMILES string of the molecule is c1ccc(-c2ccc(-n3c4ccccc4c4cc(-c5ccc6c(c5)c5ccccc5n6-c5cccc6oc7ccccc7c56)ccc43)cc2)cc1.c1ccc(-c2ccccc2-n2c3ccccc3c3cc(-c4ccc5c(c4)c4ccccc4n5-c4ccccc4-c4ccccc4)ccc32)cc1.c1ccc(-n2c3ccccc3c3cc(-c4ccc5c(c4)c4ccccc4n5-c4cccc5sc6ccccc6c45)ccc32)cc1. The van der Waals surface area contributed by atoms with Crippen LogP contribution in [-0.4, -0.2) is 27.4 Å². The molecule has 0 atom stereocenters. The fourth-order valence-electron chi connectivity index (χ4n) is 23.5. The molecule has 23 aromatic carbocycles. The van der Waals surface area contributed by atoms with Gasteiger partial charge in [-0.25, -0.2) is 0 Å². The van der Waals surface area contributed by atoms with Crippen molar-refractivity contribution >= 4 is 184 Å². The van der Waals surface area contributed by atoms with E-state index in [9.17, 15) is 0 Å². The predicted octanol–water partition coefficient (Wildman–Crippen LogP) is 37.9. The minimum Gasteiger partial charge on any atom is -0.456 e. The van der Waals surface area contributed by atoms with Gasteiger partial charge in [0.2, 0.25) is 0 Å². The summed E-state index contributed by atoms with van der Waals surface area (Å²) in [6.07, 6.45) is 0. The first-order valence-corrected chi connectivity index (χ1v) is 50.8. The third-order valence-corrected chi connectivity index (χ3v) is 31.1. The van der Waals surface area contributed by atoms with Gasteiger partial charge >= 0.3 is 0 Å². The van der Waals surface area contributed by atoms with Crippen molar-refractivity contribution in [2.75, 3.05) is 0 Å². The van der Waals surface area contributed by atoms with Crippen molar-refractivity contribution in [3.05, 3.63) is 534 Å². The molecule has 8 heterocycles. The first-order valence-electron chi connectivity index (χ1n) is 50.0. The Morgan fingerprint density at radius 1 is 0.137 bits per heavy atom. The summed E-state index contributed by atoms with van der Waals surface area (Å²) in [6.45, 7) is 0. The van der Waals surface area contributed by atoms with Crippen LogP contribution in [0.15, 0.2) is 538 Å². The maximum atomic E-state index is 6.30. The quantitative estimate of drug-likeness (QED) is 0.120. The largest absolute Gasteiger partial charge is 0.456 e. The van der Waals surface area contributed by atoms with E-state index in [1.54, 1.807) is 0 Å². The number of thiophene rings is 1. The van der Waals surface area contributed by atoms with Gasteiger partial charge in [-0.3, -0.25) is 0 Å². The third kappa shape index (κ3) is 13.6. The maximum Gasteiger partial charge on any atom is 0.137 e. The molecule has 0 radical (unpaired) electrons. The smallest absolute Gasteiger partial charge is 0.137 e. The van der Waals surface area contributed by atoms with E-state index in [0.29, 0.717) is 0 Å². The van der Waals surface area contributed by atoms with Crippen LogP contribution in [0, 0.1) is 0 Å². The number of aromatic nitrogens is 6. The Labute approximate surface area is 844 Å². The van der Waals surface area contributed by atoms with Crippen molar-refractivity contribution in [3.63, 3.8) is 0 Å². The summed E-state index contributed by atoms with van der Waals surface area (Å²) in [5, 5.41) is 20.0. The van der Waals surface area contributed by atoms with Gasteiger partial charge in [0.25, 0.3) is 0 Å². The number of para-hydroxylation sites is 10. The van der Waals surface area contributed by atoms with Crippen LogP contribution in [0.1, 0.15) is 0 Å². The summed E-state index contributed by atoms with van der Waals surface area (Å²) in [7, 11) is 0. The van der Waals surface area contributed by atoms with E-state index in [1.165, 1.54) is 241 Å². The molecule has 0 aliphatic rings. The summed E-state index contributed by atoms with van der Waals surface area (Å²) in [5.74, 6) is 0. The van der Waals surface area contributed by atoms with Crippen LogP contribution >= 0.6 is 11.3 Å². The molecule has 0 saturated heterocycles. The zero-order chi connectivity index (χ0) is 96.0. The van der Waals surface area contributed by atoms with Crippen molar-refractivity contribution in [2.45, 2.75) is 0 Å². The average molecular weight is 1880 g/mol. The highest BCUT2D eigenvalue weighted by molar-refractivity contribution is 7.26. The van der Waals surface area contributed by atoms with Gasteiger partial charge in [0.05, 0.1) is 94.3 Å². The molecule has 8 aromatic heterocycles. The Bertz CT molecular complexity index is 10500. The molecule has 0 aliphatic carbocycles. The number of nitrogens with zero attached hydrogens (tertiary/aromatic N) is 6. The molecule has 31 rings (SSSR count). The van der Waals surface area contributed by atoms with Crippen LogP contribution in [0.3, 0.4) is 0 Å². The summed E-state index contributed by atoms with van der Waals surface area (Å²) >= 11 is 1.87. The lowest BCUT2D eigenvalue weighted by atomic mass is 10.0. The van der Waals surface area contributed by atoms with Gasteiger partial charge in [-0.1, -0.05) is 352 Å². The first kappa shape index (κ1) is 83.8. The van der Waals surface area contributed by atoms with Gasteiger partial charge in [-0.2, -0.15) is 0 Å². The number of rotatable bonds is 12. The van der Waals surface area contributed by atoms with Crippen molar-refractivity contribution in [1.82, 2.24) is 27.4 Å². The Kier molecular flexibility index (Phi) is 19.7. The highest BCUT2D eigenvalue weighted by atomic mass is 32.1. The molecule has 0 spiro atoms. The molecule has 31 aromatic rings. The van der Waals surface area contributed by atoms with Crippen LogP contribution in [0.25, 0.3) is 274 Å². The normalized spacial score (nSPS) is 11.8. The van der Waals surface area contributed by atoms with Gasteiger partial charge in [-0.15, -0.1) is 11.3 Å². The number of fused-ring (bicyclic) bond motifs is 24. The molecule has 0 amide bonds. The molecular formula is C138H88N6OS. The molecule has 7 nitrogen and oxygen atoms in total. The fourth-order valence-corrected chi connectivity index (χ4v) is 24.6. The van der Waals surface area contributed by atoms with E-state index in [1.807, 2.05) is 23.5 Å². The molecule has 682 valence electrons. The molecule has 0 bridgehead atoms. The number of hydrogen-bond acceptors (Lipinski definition) is 2. The molecule has 0 fully saturated rings. The Morgan fingerprint density at radius 2 is 0.390 bits per heavy atom. The number of furan rings is 1. The van der Waals surface area contributed by atoms with E-state index in [0.717, 1.165) is 33.3 Å². The van der Waals surface area contributed by atoms with Crippen molar-refractivity contribution in [1.29, 1.82) is 0 Å². The number of benzene rings is 23. The van der Waals surface area contributed by atoms with Crippen molar-refractivity contribution < 1.29 is 4.42 Å². The Morgan fingerprint density at radius 3 is 0.795 bits per heavy atom. The van der Waals surface area contributed by atoms with Gasteiger partial charge in [0.15, 0.2) is 0 Å². The van der Waals surface area contributed by atoms with E-state index in [4.69, 9.17) is 4.42 Å². The second-order valence-electron chi connectivity index (χ2n) is 38.0. The summed E-state index contributed by atoms with van der Waals surface area (Å²) < 4.78 is 23.4. The van der Waals surface area contributed by atoms with Crippen LogP contribution in [0.4, 0.5) is 0 Å². The van der Waals surface area contributed by atoms with Gasteiger partial charge in [0.1, 0.15) is 11.2 Å². The average Bonchev–Trinajstić information content (AvgIpc) is 1.55. The van der Waals surface area contributed by atoms with E-state index < -0.39 is 0 Å². The van der Waals surface area contributed by atoms with E-state index >= 15 is 0 Å². The highest BCUT2D eigenvalue weighted by Crippen LogP contribution is 2.49. The first-order chi connectivity index (χ1) is 72.5. The topological polar surface area (TPSA) is 42.7 Å². The predicted molar refractivity (Wildman–Crippen MR) is 618 cm³/mol. The number of hydrogen-bond donors (Lipinski definition) is 0. The lowest BCUT2D eigenvalue weighted by Crippen LogP contribution is -1.97. The lowest BCUT2D eigenvalue weighted by molar-refractivity contribution is 0.669.